The maximum atomic E-state index is 12.3. The molecule has 1 aliphatic rings. The third-order valence-corrected chi connectivity index (χ3v) is 4.71. The Kier molecular flexibility index (Phi) is 5.59. The van der Waals surface area contributed by atoms with Gasteiger partial charge in [0.15, 0.2) is 0 Å². The zero-order chi connectivity index (χ0) is 16.8. The van der Waals surface area contributed by atoms with Crippen LogP contribution in [0.25, 0.3) is 0 Å². The maximum Gasteiger partial charge on any atom is 0.224 e. The van der Waals surface area contributed by atoms with Crippen LogP contribution in [0, 0.1) is 11.8 Å². The van der Waals surface area contributed by atoms with Crippen molar-refractivity contribution in [2.24, 2.45) is 11.8 Å². The number of hydrogen-bond donors (Lipinski definition) is 2. The first-order valence-corrected chi connectivity index (χ1v) is 8.62. The number of nitrogens with one attached hydrogen (secondary N) is 2. The lowest BCUT2D eigenvalue weighted by Gasteiger charge is -2.27. The van der Waals surface area contributed by atoms with Crippen molar-refractivity contribution in [3.05, 3.63) is 42.5 Å². The Morgan fingerprint density at radius 1 is 1.38 bits per heavy atom. The summed E-state index contributed by atoms with van der Waals surface area (Å²) < 4.78 is 1.82. The molecule has 24 heavy (non-hydrogen) atoms. The van der Waals surface area contributed by atoms with Crippen LogP contribution >= 0.6 is 0 Å². The summed E-state index contributed by atoms with van der Waals surface area (Å²) in [5.41, 5.74) is 1.89. The maximum absolute atomic E-state index is 12.3. The molecule has 3 rings (SSSR count). The lowest BCUT2D eigenvalue weighted by atomic mass is 9.84. The van der Waals surface area contributed by atoms with Crippen LogP contribution in [0.2, 0.25) is 0 Å². The van der Waals surface area contributed by atoms with E-state index in [-0.39, 0.29) is 5.91 Å². The average Bonchev–Trinajstić information content (AvgIpc) is 3.03. The van der Waals surface area contributed by atoms with Gasteiger partial charge in [0.05, 0.1) is 18.4 Å². The van der Waals surface area contributed by atoms with Crippen LogP contribution in [-0.4, -0.2) is 33.8 Å². The highest BCUT2D eigenvalue weighted by Gasteiger charge is 2.22. The molecule has 6 heteroatoms. The van der Waals surface area contributed by atoms with Crippen molar-refractivity contribution in [1.29, 1.82) is 0 Å². The highest BCUT2D eigenvalue weighted by atomic mass is 16.1. The first-order valence-electron chi connectivity index (χ1n) is 8.62. The Labute approximate surface area is 142 Å². The van der Waals surface area contributed by atoms with E-state index in [9.17, 15) is 4.79 Å². The topological polar surface area (TPSA) is 71.8 Å². The molecule has 0 saturated carbocycles. The number of carbonyl (C=O) groups is 1. The van der Waals surface area contributed by atoms with E-state index < -0.39 is 0 Å². The monoisotopic (exact) mass is 327 g/mol. The molecule has 0 radical (unpaired) electrons. The fourth-order valence-electron chi connectivity index (χ4n) is 3.27. The molecule has 0 aromatic carbocycles. The summed E-state index contributed by atoms with van der Waals surface area (Å²) in [4.78, 5) is 16.3. The van der Waals surface area contributed by atoms with Crippen molar-refractivity contribution in [3.8, 4) is 0 Å². The number of pyridine rings is 1. The van der Waals surface area contributed by atoms with Crippen molar-refractivity contribution in [2.75, 3.05) is 18.4 Å². The van der Waals surface area contributed by atoms with Crippen LogP contribution in [0.4, 0.5) is 5.69 Å². The Balaban J connectivity index is 1.49. The molecule has 1 aliphatic heterocycles. The lowest BCUT2D eigenvalue weighted by Crippen LogP contribution is -2.32. The first kappa shape index (κ1) is 16.6. The minimum absolute atomic E-state index is 0.0736. The van der Waals surface area contributed by atoms with E-state index in [2.05, 4.69) is 27.6 Å². The van der Waals surface area contributed by atoms with Crippen molar-refractivity contribution in [2.45, 2.75) is 32.7 Å². The van der Waals surface area contributed by atoms with Gasteiger partial charge in [0, 0.05) is 25.0 Å². The van der Waals surface area contributed by atoms with Gasteiger partial charge >= 0.3 is 0 Å². The number of nitrogens with zero attached hydrogens (tertiary/aromatic N) is 3. The van der Waals surface area contributed by atoms with Gasteiger partial charge in [-0.25, -0.2) is 0 Å². The highest BCUT2D eigenvalue weighted by molar-refractivity contribution is 5.90. The van der Waals surface area contributed by atoms with E-state index in [0.717, 1.165) is 37.2 Å². The second-order valence-corrected chi connectivity index (χ2v) is 6.60. The van der Waals surface area contributed by atoms with Crippen molar-refractivity contribution in [3.63, 3.8) is 0 Å². The fraction of sp³-hybridized carbons (Fsp3) is 0.500. The van der Waals surface area contributed by atoms with Gasteiger partial charge in [-0.05, 0) is 55.5 Å². The second kappa shape index (κ2) is 8.06. The van der Waals surface area contributed by atoms with Crippen LogP contribution < -0.4 is 10.6 Å². The minimum atomic E-state index is 0.0736. The summed E-state index contributed by atoms with van der Waals surface area (Å²) in [5, 5.41) is 10.6. The molecule has 1 amide bonds. The zero-order valence-corrected chi connectivity index (χ0v) is 14.1. The van der Waals surface area contributed by atoms with Crippen LogP contribution in [0.5, 0.6) is 0 Å². The van der Waals surface area contributed by atoms with Gasteiger partial charge < -0.3 is 10.6 Å². The van der Waals surface area contributed by atoms with Crippen LogP contribution in [0.3, 0.4) is 0 Å². The van der Waals surface area contributed by atoms with Gasteiger partial charge in [0.25, 0.3) is 0 Å². The average molecular weight is 327 g/mol. The van der Waals surface area contributed by atoms with E-state index in [0.29, 0.717) is 24.8 Å². The molecule has 1 saturated heterocycles. The molecular formula is C18H25N5O. The first-order chi connectivity index (χ1) is 11.7. The molecule has 0 aliphatic carbocycles. The van der Waals surface area contributed by atoms with Crippen molar-refractivity contribution < 1.29 is 4.79 Å². The lowest BCUT2D eigenvalue weighted by molar-refractivity contribution is -0.117. The summed E-state index contributed by atoms with van der Waals surface area (Å²) in [6.07, 6.45) is 10.0. The molecule has 0 bridgehead atoms. The van der Waals surface area contributed by atoms with E-state index in [4.69, 9.17) is 0 Å². The molecule has 6 nitrogen and oxygen atoms in total. The smallest absolute Gasteiger partial charge is 0.224 e. The van der Waals surface area contributed by atoms with Gasteiger partial charge in [-0.2, -0.15) is 5.10 Å². The number of anilines is 1. The number of aromatic nitrogens is 3. The Bertz CT molecular complexity index is 648. The van der Waals surface area contributed by atoms with E-state index in [1.54, 1.807) is 18.6 Å². The minimum Gasteiger partial charge on any atom is -0.323 e. The zero-order valence-electron chi connectivity index (χ0n) is 14.1. The molecule has 128 valence electrons. The SMILES string of the molecule is CC(CC(=O)Nc1cnn(Cc2ccncc2)c1)C1CCNCC1. The standard InChI is InChI=1S/C18H25N5O/c1-14(16-4-8-20-9-5-16)10-18(24)22-17-11-21-23(13-17)12-15-2-6-19-7-3-15/h2-3,6-7,11,13-14,16,20H,4-5,8-10,12H2,1H3,(H,22,24). The Hall–Kier alpha value is -2.21. The number of rotatable bonds is 6. The summed E-state index contributed by atoms with van der Waals surface area (Å²) in [6, 6.07) is 3.92. The molecular weight excluding hydrogens is 302 g/mol. The summed E-state index contributed by atoms with van der Waals surface area (Å²) in [7, 11) is 0. The van der Waals surface area contributed by atoms with Gasteiger partial charge in [-0.3, -0.25) is 14.5 Å². The molecule has 1 fully saturated rings. The number of carbonyl (C=O) groups excluding carboxylic acids is 1. The Morgan fingerprint density at radius 3 is 2.88 bits per heavy atom. The van der Waals surface area contributed by atoms with Gasteiger partial charge in [0.1, 0.15) is 0 Å². The van der Waals surface area contributed by atoms with E-state index in [1.165, 1.54) is 0 Å². The van der Waals surface area contributed by atoms with E-state index >= 15 is 0 Å². The molecule has 2 N–H and O–H groups in total. The summed E-state index contributed by atoms with van der Waals surface area (Å²) >= 11 is 0. The van der Waals surface area contributed by atoms with Gasteiger partial charge in [0.2, 0.25) is 5.91 Å². The van der Waals surface area contributed by atoms with Crippen molar-refractivity contribution >= 4 is 11.6 Å². The molecule has 2 aromatic rings. The molecule has 1 atom stereocenters. The summed E-state index contributed by atoms with van der Waals surface area (Å²) in [5.74, 6) is 1.13. The number of hydrogen-bond acceptors (Lipinski definition) is 4. The third kappa shape index (κ3) is 4.64. The van der Waals surface area contributed by atoms with Crippen molar-refractivity contribution in [1.82, 2.24) is 20.1 Å². The predicted octanol–water partition coefficient (Wildman–Crippen LogP) is 2.29. The second-order valence-electron chi connectivity index (χ2n) is 6.60. The normalized spacial score (nSPS) is 16.7. The third-order valence-electron chi connectivity index (χ3n) is 4.71. The predicted molar refractivity (Wildman–Crippen MR) is 93.6 cm³/mol. The Morgan fingerprint density at radius 2 is 2.12 bits per heavy atom. The fourth-order valence-corrected chi connectivity index (χ4v) is 3.27. The highest BCUT2D eigenvalue weighted by Crippen LogP contribution is 2.24. The van der Waals surface area contributed by atoms with Crippen LogP contribution in [0.1, 0.15) is 31.7 Å². The molecule has 0 spiro atoms. The quantitative estimate of drug-likeness (QED) is 0.854. The summed E-state index contributed by atoms with van der Waals surface area (Å²) in [6.45, 7) is 4.99. The van der Waals surface area contributed by atoms with Crippen LogP contribution in [0.15, 0.2) is 36.9 Å². The largest absolute Gasteiger partial charge is 0.323 e. The number of piperidine rings is 1. The van der Waals surface area contributed by atoms with Gasteiger partial charge in [-0.15, -0.1) is 0 Å². The van der Waals surface area contributed by atoms with Gasteiger partial charge in [-0.1, -0.05) is 6.92 Å². The number of amides is 1. The molecule has 1 unspecified atom stereocenters. The van der Waals surface area contributed by atoms with Crippen LogP contribution in [-0.2, 0) is 11.3 Å². The molecule has 2 aromatic heterocycles. The van der Waals surface area contributed by atoms with E-state index in [1.807, 2.05) is 23.0 Å². The molecule has 3 heterocycles.